The number of alkyl halides is 6. The smallest absolute Gasteiger partial charge is 0.420 e. The summed E-state index contributed by atoms with van der Waals surface area (Å²) < 4.78 is 89.3. The lowest BCUT2D eigenvalue weighted by molar-refractivity contribution is -0.139. The Labute approximate surface area is 171 Å². The summed E-state index contributed by atoms with van der Waals surface area (Å²) in [6.45, 7) is 0. The van der Waals surface area contributed by atoms with Crippen LogP contribution in [0.2, 0.25) is 0 Å². The molecule has 1 aliphatic heterocycles. The molecule has 2 aromatic carbocycles. The van der Waals surface area contributed by atoms with E-state index in [0.717, 1.165) is 0 Å². The van der Waals surface area contributed by atoms with E-state index in [9.17, 15) is 50.6 Å². The fourth-order valence-corrected chi connectivity index (χ4v) is 2.98. The lowest BCUT2D eigenvalue weighted by atomic mass is 9.98. The molecule has 8 nitrogen and oxygen atoms in total. The first-order valence-corrected chi connectivity index (χ1v) is 8.04. The molecule has 2 aromatic rings. The number of ether oxygens (including phenoxy) is 2. The zero-order valence-corrected chi connectivity index (χ0v) is 14.9. The summed E-state index contributed by atoms with van der Waals surface area (Å²) in [6.07, 6.45) is -10.7. The number of halogens is 6. The fourth-order valence-electron chi connectivity index (χ4n) is 2.98. The Balaban J connectivity index is 2.29. The lowest BCUT2D eigenvalue weighted by Crippen LogP contribution is -2.19. The molecular formula is C18H6F6O8. The first kappa shape index (κ1) is 22.6. The number of benzene rings is 2. The Kier molecular flexibility index (Phi) is 5.11. The van der Waals surface area contributed by atoms with Gasteiger partial charge in [0.25, 0.3) is 0 Å². The molecule has 0 bridgehead atoms. The van der Waals surface area contributed by atoms with E-state index in [1.807, 2.05) is 0 Å². The van der Waals surface area contributed by atoms with Gasteiger partial charge in [-0.1, -0.05) is 0 Å². The number of esters is 2. The van der Waals surface area contributed by atoms with Gasteiger partial charge in [0.2, 0.25) is 0 Å². The van der Waals surface area contributed by atoms with Gasteiger partial charge in [0.1, 0.15) is 22.6 Å². The van der Waals surface area contributed by atoms with Crippen molar-refractivity contribution in [1.82, 2.24) is 0 Å². The van der Waals surface area contributed by atoms with E-state index in [-0.39, 0.29) is 6.07 Å². The number of rotatable bonds is 4. The van der Waals surface area contributed by atoms with Gasteiger partial charge in [0.15, 0.2) is 0 Å². The summed E-state index contributed by atoms with van der Waals surface area (Å²) in [6, 6.07) is 1.63. The van der Waals surface area contributed by atoms with Gasteiger partial charge < -0.3 is 19.7 Å². The third-order valence-electron chi connectivity index (χ3n) is 4.18. The van der Waals surface area contributed by atoms with Crippen LogP contribution in [-0.4, -0.2) is 34.1 Å². The van der Waals surface area contributed by atoms with Crippen LogP contribution < -0.4 is 4.74 Å². The number of carbonyl (C=O) groups excluding carboxylic acids is 2. The van der Waals surface area contributed by atoms with Gasteiger partial charge in [-0.2, -0.15) is 26.3 Å². The molecule has 0 aliphatic carbocycles. The van der Waals surface area contributed by atoms with Gasteiger partial charge in [-0.05, 0) is 24.3 Å². The van der Waals surface area contributed by atoms with Crippen LogP contribution in [0.5, 0.6) is 11.5 Å². The largest absolute Gasteiger partial charge is 0.478 e. The van der Waals surface area contributed by atoms with Crippen molar-refractivity contribution in [3.8, 4) is 11.5 Å². The molecule has 0 radical (unpaired) electrons. The van der Waals surface area contributed by atoms with Crippen LogP contribution in [0.1, 0.15) is 52.6 Å². The summed E-state index contributed by atoms with van der Waals surface area (Å²) in [5.74, 6) is -10.1. The Hall–Kier alpha value is -4.10. The number of carbonyl (C=O) groups is 4. The Bertz CT molecular complexity index is 1200. The molecule has 168 valence electrons. The Morgan fingerprint density at radius 2 is 1.34 bits per heavy atom. The van der Waals surface area contributed by atoms with Gasteiger partial charge in [0.05, 0.1) is 22.3 Å². The number of fused-ring (bicyclic) bond motifs is 1. The maximum atomic E-state index is 13.6. The molecule has 1 aliphatic rings. The van der Waals surface area contributed by atoms with E-state index < -0.39 is 81.1 Å². The average molecular weight is 464 g/mol. The van der Waals surface area contributed by atoms with Crippen LogP contribution in [0.25, 0.3) is 0 Å². The topological polar surface area (TPSA) is 127 Å². The van der Waals surface area contributed by atoms with E-state index in [4.69, 9.17) is 9.84 Å². The first-order chi connectivity index (χ1) is 14.6. The van der Waals surface area contributed by atoms with Gasteiger partial charge >= 0.3 is 36.2 Å². The third-order valence-corrected chi connectivity index (χ3v) is 4.18. The van der Waals surface area contributed by atoms with Crippen molar-refractivity contribution >= 4 is 23.9 Å². The molecule has 0 spiro atoms. The summed E-state index contributed by atoms with van der Waals surface area (Å²) in [5.41, 5.74) is -9.12. The van der Waals surface area contributed by atoms with E-state index in [2.05, 4.69) is 4.74 Å². The van der Waals surface area contributed by atoms with Gasteiger partial charge in [-0.3, -0.25) is 0 Å². The summed E-state index contributed by atoms with van der Waals surface area (Å²) in [5, 5.41) is 18.4. The van der Waals surface area contributed by atoms with Crippen molar-refractivity contribution in [2.75, 3.05) is 0 Å². The van der Waals surface area contributed by atoms with Crippen molar-refractivity contribution in [3.63, 3.8) is 0 Å². The second-order valence-corrected chi connectivity index (χ2v) is 6.11. The second kappa shape index (κ2) is 7.25. The SMILES string of the molecule is O=C1OC(=O)c2c1ccc(Oc1ccc(C(F)(F)F)c(C(=O)O)c1C(=O)O)c2C(F)(F)F. The second-order valence-electron chi connectivity index (χ2n) is 6.11. The van der Waals surface area contributed by atoms with Gasteiger partial charge in [-0.15, -0.1) is 0 Å². The number of hydrogen-bond acceptors (Lipinski definition) is 6. The lowest BCUT2D eigenvalue weighted by Gasteiger charge is -2.19. The normalized spacial score (nSPS) is 13.6. The van der Waals surface area contributed by atoms with Crippen molar-refractivity contribution in [3.05, 3.63) is 57.6 Å². The number of aromatic carboxylic acids is 2. The molecule has 0 amide bonds. The van der Waals surface area contributed by atoms with E-state index >= 15 is 0 Å². The Morgan fingerprint density at radius 1 is 0.781 bits per heavy atom. The zero-order valence-electron chi connectivity index (χ0n) is 14.9. The summed E-state index contributed by atoms with van der Waals surface area (Å²) >= 11 is 0. The first-order valence-electron chi connectivity index (χ1n) is 8.04. The van der Waals surface area contributed by atoms with Crippen molar-refractivity contribution in [2.24, 2.45) is 0 Å². The molecule has 3 rings (SSSR count). The standard InChI is InChI=1S/C18H6F6O8/c19-17(20,21)6-2-4-7(11(14(27)28)10(6)13(25)26)31-8-3-1-5-9(12(8)18(22,23)24)16(30)32-15(5)29/h1-4H,(H,25,26)(H,27,28). The summed E-state index contributed by atoms with van der Waals surface area (Å²) in [7, 11) is 0. The van der Waals surface area contributed by atoms with Crippen LogP contribution >= 0.6 is 0 Å². The highest BCUT2D eigenvalue weighted by Crippen LogP contribution is 2.45. The third kappa shape index (κ3) is 3.70. The number of carboxylic acids is 2. The van der Waals surface area contributed by atoms with E-state index in [1.54, 1.807) is 0 Å². The highest BCUT2D eigenvalue weighted by molar-refractivity contribution is 6.16. The van der Waals surface area contributed by atoms with Gasteiger partial charge in [-0.25, -0.2) is 19.2 Å². The van der Waals surface area contributed by atoms with Crippen LogP contribution in [-0.2, 0) is 17.1 Å². The minimum Gasteiger partial charge on any atom is -0.478 e. The number of cyclic esters (lactones) is 2. The van der Waals surface area contributed by atoms with E-state index in [1.165, 1.54) is 0 Å². The maximum Gasteiger partial charge on any atom is 0.420 e. The molecule has 0 saturated carbocycles. The molecule has 14 heteroatoms. The quantitative estimate of drug-likeness (QED) is 0.391. The van der Waals surface area contributed by atoms with Crippen LogP contribution in [0.4, 0.5) is 26.3 Å². The van der Waals surface area contributed by atoms with Crippen molar-refractivity contribution in [1.29, 1.82) is 0 Å². The molecule has 0 saturated heterocycles. The predicted molar refractivity (Wildman–Crippen MR) is 86.6 cm³/mol. The summed E-state index contributed by atoms with van der Waals surface area (Å²) in [4.78, 5) is 46.1. The highest BCUT2D eigenvalue weighted by Gasteiger charge is 2.46. The minimum atomic E-state index is -5.37. The average Bonchev–Trinajstić information content (AvgIpc) is 2.92. The molecule has 0 unspecified atom stereocenters. The molecule has 2 N–H and O–H groups in total. The molecule has 1 heterocycles. The zero-order chi connectivity index (χ0) is 24.2. The maximum absolute atomic E-state index is 13.6. The molecule has 0 fully saturated rings. The van der Waals surface area contributed by atoms with E-state index in [0.29, 0.717) is 18.2 Å². The molecule has 32 heavy (non-hydrogen) atoms. The van der Waals surface area contributed by atoms with Crippen molar-refractivity contribution in [2.45, 2.75) is 12.4 Å². The minimum absolute atomic E-state index is 0.115. The van der Waals surface area contributed by atoms with Crippen LogP contribution in [0, 0.1) is 0 Å². The van der Waals surface area contributed by atoms with Crippen molar-refractivity contribution < 1.29 is 65.2 Å². The van der Waals surface area contributed by atoms with Crippen LogP contribution in [0.15, 0.2) is 24.3 Å². The monoisotopic (exact) mass is 464 g/mol. The number of carboxylic acid groups (broad SMARTS) is 2. The highest BCUT2D eigenvalue weighted by atomic mass is 19.4. The number of hydrogen-bond donors (Lipinski definition) is 2. The molecule has 0 atom stereocenters. The molecule has 0 aromatic heterocycles. The molecular weight excluding hydrogens is 458 g/mol. The fraction of sp³-hybridized carbons (Fsp3) is 0.111. The Morgan fingerprint density at radius 3 is 1.84 bits per heavy atom. The van der Waals surface area contributed by atoms with Crippen LogP contribution in [0.3, 0.4) is 0 Å². The predicted octanol–water partition coefficient (Wildman–Crippen LogP) is 4.22. The van der Waals surface area contributed by atoms with Gasteiger partial charge in [0, 0.05) is 0 Å².